The molecule has 2 aliphatic heterocycles. The average molecular weight is 400 g/mol. The first-order valence-electron chi connectivity index (χ1n) is 9.55. The minimum Gasteiger partial charge on any atom is -0.352 e. The fourth-order valence-electron chi connectivity index (χ4n) is 4.19. The van der Waals surface area contributed by atoms with Gasteiger partial charge < -0.3 is 15.5 Å². The van der Waals surface area contributed by atoms with E-state index in [0.29, 0.717) is 0 Å². The first kappa shape index (κ1) is 18.7. The molecule has 1 atom stereocenters. The minimum absolute atomic E-state index is 0.120. The summed E-state index contributed by atoms with van der Waals surface area (Å²) in [7, 11) is 1.80. The van der Waals surface area contributed by atoms with Crippen molar-refractivity contribution in [1.29, 1.82) is 0 Å². The monoisotopic (exact) mass is 399 g/mol. The van der Waals surface area contributed by atoms with Gasteiger partial charge in [-0.25, -0.2) is 4.79 Å². The van der Waals surface area contributed by atoms with Crippen LogP contribution < -0.4 is 16.0 Å². The second kappa shape index (κ2) is 7.43. The standard InChI is InChI=1S/C20H25N5O2S/c1-20(17(26)23-19(27)24-20)14-7-9-25(10-8-14)18(21-2)22-11-13-12-28-16-6-4-3-5-15(13)16/h3-6,12,14H,7-11H2,1-2H3,(H,21,22)(H2,23,24,26,27). The normalized spacial score (nSPS) is 23.8. The number of piperidine rings is 1. The van der Waals surface area contributed by atoms with Gasteiger partial charge in [0.25, 0.3) is 5.91 Å². The van der Waals surface area contributed by atoms with E-state index < -0.39 is 11.6 Å². The van der Waals surface area contributed by atoms with Crippen LogP contribution in [0.4, 0.5) is 4.79 Å². The Morgan fingerprint density at radius 1 is 1.32 bits per heavy atom. The van der Waals surface area contributed by atoms with Crippen LogP contribution in [0.1, 0.15) is 25.3 Å². The first-order chi connectivity index (χ1) is 13.5. The van der Waals surface area contributed by atoms with Crippen LogP contribution in [0.2, 0.25) is 0 Å². The van der Waals surface area contributed by atoms with Crippen LogP contribution in [0.15, 0.2) is 34.6 Å². The summed E-state index contributed by atoms with van der Waals surface area (Å²) >= 11 is 1.76. The highest BCUT2D eigenvalue weighted by Crippen LogP contribution is 2.31. The maximum absolute atomic E-state index is 12.2. The van der Waals surface area contributed by atoms with Crippen molar-refractivity contribution >= 4 is 39.3 Å². The zero-order chi connectivity index (χ0) is 19.7. The number of carbonyl (C=O) groups is 2. The van der Waals surface area contributed by atoms with E-state index in [4.69, 9.17) is 0 Å². The van der Waals surface area contributed by atoms with Crippen LogP contribution in [-0.2, 0) is 11.3 Å². The lowest BCUT2D eigenvalue weighted by molar-refractivity contribution is -0.125. The first-order valence-corrected chi connectivity index (χ1v) is 10.4. The van der Waals surface area contributed by atoms with Crippen molar-refractivity contribution < 1.29 is 9.59 Å². The molecular weight excluding hydrogens is 374 g/mol. The van der Waals surface area contributed by atoms with E-state index in [1.54, 1.807) is 18.4 Å². The smallest absolute Gasteiger partial charge is 0.322 e. The van der Waals surface area contributed by atoms with E-state index in [9.17, 15) is 9.59 Å². The molecule has 1 aromatic heterocycles. The molecule has 3 N–H and O–H groups in total. The number of rotatable bonds is 3. The number of likely N-dealkylation sites (tertiary alicyclic amines) is 1. The Morgan fingerprint density at radius 2 is 2.07 bits per heavy atom. The third-order valence-electron chi connectivity index (χ3n) is 5.89. The number of fused-ring (bicyclic) bond motifs is 1. The quantitative estimate of drug-likeness (QED) is 0.420. The number of imide groups is 1. The molecule has 0 radical (unpaired) electrons. The van der Waals surface area contributed by atoms with Crippen LogP contribution in [0.5, 0.6) is 0 Å². The Labute approximate surface area is 168 Å². The van der Waals surface area contributed by atoms with E-state index >= 15 is 0 Å². The van der Waals surface area contributed by atoms with E-state index in [1.165, 1.54) is 15.6 Å². The Bertz CT molecular complexity index is 932. The molecule has 0 saturated carbocycles. The van der Waals surface area contributed by atoms with Gasteiger partial charge in [-0.3, -0.25) is 15.1 Å². The highest BCUT2D eigenvalue weighted by atomic mass is 32.1. The lowest BCUT2D eigenvalue weighted by atomic mass is 9.79. The molecule has 2 aliphatic rings. The SMILES string of the molecule is CN=C(NCc1csc2ccccc12)N1CCC(C2(C)NC(=O)NC2=O)CC1. The van der Waals surface area contributed by atoms with Crippen LogP contribution >= 0.6 is 11.3 Å². The molecule has 4 rings (SSSR count). The predicted molar refractivity (Wildman–Crippen MR) is 111 cm³/mol. The molecule has 2 saturated heterocycles. The van der Waals surface area contributed by atoms with Crippen molar-refractivity contribution in [2.75, 3.05) is 20.1 Å². The van der Waals surface area contributed by atoms with Gasteiger partial charge in [-0.2, -0.15) is 0 Å². The number of amides is 3. The summed E-state index contributed by atoms with van der Waals surface area (Å²) in [6, 6.07) is 8.03. The largest absolute Gasteiger partial charge is 0.352 e. The molecule has 7 nitrogen and oxygen atoms in total. The number of nitrogens with one attached hydrogen (secondary N) is 3. The van der Waals surface area contributed by atoms with E-state index in [1.807, 2.05) is 6.92 Å². The Morgan fingerprint density at radius 3 is 2.75 bits per heavy atom. The topological polar surface area (TPSA) is 85.8 Å². The number of thiophene rings is 1. The zero-order valence-corrected chi connectivity index (χ0v) is 16.9. The van der Waals surface area contributed by atoms with Crippen LogP contribution in [0, 0.1) is 5.92 Å². The summed E-state index contributed by atoms with van der Waals surface area (Å²) in [4.78, 5) is 30.4. The van der Waals surface area contributed by atoms with Gasteiger partial charge >= 0.3 is 6.03 Å². The summed E-state index contributed by atoms with van der Waals surface area (Å²) in [6.07, 6.45) is 1.65. The second-order valence-corrected chi connectivity index (χ2v) is 8.44. The van der Waals surface area contributed by atoms with Crippen molar-refractivity contribution in [3.05, 3.63) is 35.2 Å². The molecule has 1 unspecified atom stereocenters. The highest BCUT2D eigenvalue weighted by Gasteiger charge is 2.48. The second-order valence-electron chi connectivity index (χ2n) is 7.53. The van der Waals surface area contributed by atoms with E-state index in [0.717, 1.165) is 38.4 Å². The number of benzene rings is 1. The predicted octanol–water partition coefficient (Wildman–Crippen LogP) is 2.29. The molecule has 28 heavy (non-hydrogen) atoms. The molecule has 3 heterocycles. The van der Waals surface area contributed by atoms with Gasteiger partial charge in [0.2, 0.25) is 0 Å². The van der Waals surface area contributed by atoms with Gasteiger partial charge in [-0.1, -0.05) is 18.2 Å². The Hall–Kier alpha value is -2.61. The molecule has 1 aromatic carbocycles. The fourth-order valence-corrected chi connectivity index (χ4v) is 5.15. The molecule has 2 fully saturated rings. The van der Waals surface area contributed by atoms with Gasteiger partial charge in [0.1, 0.15) is 5.54 Å². The highest BCUT2D eigenvalue weighted by molar-refractivity contribution is 7.17. The Kier molecular flexibility index (Phi) is 4.97. The minimum atomic E-state index is -0.810. The van der Waals surface area contributed by atoms with Gasteiger partial charge in [0.05, 0.1) is 0 Å². The van der Waals surface area contributed by atoms with Crippen LogP contribution in [-0.4, -0.2) is 48.5 Å². The molecule has 8 heteroatoms. The van der Waals surface area contributed by atoms with Crippen molar-refractivity contribution in [2.45, 2.75) is 31.8 Å². The maximum atomic E-state index is 12.2. The third-order valence-corrected chi connectivity index (χ3v) is 6.91. The molecule has 2 aromatic rings. The molecular formula is C20H25N5O2S. The van der Waals surface area contributed by atoms with Crippen molar-refractivity contribution in [3.8, 4) is 0 Å². The van der Waals surface area contributed by atoms with Gasteiger partial charge in [0.15, 0.2) is 5.96 Å². The van der Waals surface area contributed by atoms with Gasteiger partial charge in [-0.15, -0.1) is 11.3 Å². The summed E-state index contributed by atoms with van der Waals surface area (Å²) in [5, 5.41) is 12.1. The van der Waals surface area contributed by atoms with Crippen LogP contribution in [0.3, 0.4) is 0 Å². The maximum Gasteiger partial charge on any atom is 0.322 e. The number of hydrogen-bond acceptors (Lipinski definition) is 4. The number of nitrogens with zero attached hydrogens (tertiary/aromatic N) is 2. The van der Waals surface area contributed by atoms with Crippen molar-refractivity contribution in [1.82, 2.24) is 20.9 Å². The van der Waals surface area contributed by atoms with E-state index in [-0.39, 0.29) is 11.8 Å². The summed E-state index contributed by atoms with van der Waals surface area (Å²) in [5.41, 5.74) is 0.463. The van der Waals surface area contributed by atoms with Crippen LogP contribution in [0.25, 0.3) is 10.1 Å². The van der Waals surface area contributed by atoms with Crippen molar-refractivity contribution in [2.24, 2.45) is 10.9 Å². The number of aliphatic imine (C=N–C) groups is 1. The van der Waals surface area contributed by atoms with Gasteiger partial charge in [0, 0.05) is 31.4 Å². The lowest BCUT2D eigenvalue weighted by Gasteiger charge is -2.39. The zero-order valence-electron chi connectivity index (χ0n) is 16.1. The molecule has 0 spiro atoms. The van der Waals surface area contributed by atoms with Crippen molar-refractivity contribution in [3.63, 3.8) is 0 Å². The fraction of sp³-hybridized carbons (Fsp3) is 0.450. The summed E-state index contributed by atoms with van der Waals surface area (Å²) < 4.78 is 1.29. The number of urea groups is 1. The third kappa shape index (κ3) is 3.32. The molecule has 3 amide bonds. The molecule has 0 aliphatic carbocycles. The summed E-state index contributed by atoms with van der Waals surface area (Å²) in [5.74, 6) is 0.774. The average Bonchev–Trinajstić information content (AvgIpc) is 3.23. The summed E-state index contributed by atoms with van der Waals surface area (Å²) in [6.45, 7) is 4.15. The van der Waals surface area contributed by atoms with E-state index in [2.05, 4.69) is 55.5 Å². The molecule has 0 bridgehead atoms. The number of hydrogen-bond donors (Lipinski definition) is 3. The number of carbonyl (C=O) groups excluding carboxylic acids is 2. The molecule has 148 valence electrons. The lowest BCUT2D eigenvalue weighted by Crippen LogP contribution is -2.55. The Balaban J connectivity index is 1.37. The van der Waals surface area contributed by atoms with Gasteiger partial charge in [-0.05, 0) is 48.1 Å². The number of guanidine groups is 1.